The van der Waals surface area contributed by atoms with Crippen molar-refractivity contribution in [3.63, 3.8) is 0 Å². The summed E-state index contributed by atoms with van der Waals surface area (Å²) in [5.74, 6) is -0.173. The van der Waals surface area contributed by atoms with Crippen molar-refractivity contribution >= 4 is 27.8 Å². The Morgan fingerprint density at radius 1 is 1.17 bits per heavy atom. The number of aromatic amines is 1. The van der Waals surface area contributed by atoms with E-state index in [1.54, 1.807) is 31.2 Å². The van der Waals surface area contributed by atoms with Crippen LogP contribution in [-0.4, -0.2) is 27.0 Å². The third-order valence-electron chi connectivity index (χ3n) is 5.16. The van der Waals surface area contributed by atoms with E-state index in [9.17, 15) is 13.6 Å². The van der Waals surface area contributed by atoms with Crippen molar-refractivity contribution in [1.29, 1.82) is 0 Å². The van der Waals surface area contributed by atoms with E-state index >= 15 is 0 Å². The molecule has 1 amide bonds. The molecule has 29 heavy (non-hydrogen) atoms. The number of benzene rings is 2. The maximum atomic E-state index is 13.6. The zero-order chi connectivity index (χ0) is 20.4. The van der Waals surface area contributed by atoms with Crippen molar-refractivity contribution in [3.8, 4) is 0 Å². The molecule has 2 N–H and O–H groups in total. The maximum Gasteiger partial charge on any atom is 0.320 e. The quantitative estimate of drug-likeness (QED) is 0.473. The minimum absolute atomic E-state index is 0.109. The first-order chi connectivity index (χ1) is 14.0. The lowest BCUT2D eigenvalue weighted by molar-refractivity contribution is -0.121. The second-order valence-corrected chi connectivity index (χ2v) is 7.17. The van der Waals surface area contributed by atoms with Gasteiger partial charge in [-0.1, -0.05) is 37.3 Å². The van der Waals surface area contributed by atoms with Crippen molar-refractivity contribution in [1.82, 2.24) is 19.9 Å². The van der Waals surface area contributed by atoms with Gasteiger partial charge in [-0.3, -0.25) is 9.36 Å². The maximum absolute atomic E-state index is 13.6. The molecule has 0 aliphatic heterocycles. The Bertz CT molecular complexity index is 1150. The molecule has 4 aromatic rings. The average molecular weight is 396 g/mol. The van der Waals surface area contributed by atoms with E-state index in [0.717, 1.165) is 21.0 Å². The number of carbonyl (C=O) groups is 1. The van der Waals surface area contributed by atoms with Gasteiger partial charge in [0.05, 0.1) is 11.0 Å². The molecule has 0 fully saturated rings. The average Bonchev–Trinajstić information content (AvgIpc) is 3.32. The largest absolute Gasteiger partial charge is 0.361 e. The van der Waals surface area contributed by atoms with Crippen LogP contribution in [0.3, 0.4) is 0 Å². The topological polar surface area (TPSA) is 62.7 Å². The number of imidazole rings is 1. The molecule has 4 rings (SSSR count). The number of amides is 1. The van der Waals surface area contributed by atoms with Gasteiger partial charge in [-0.25, -0.2) is 4.98 Å². The van der Waals surface area contributed by atoms with Crippen LogP contribution >= 0.6 is 0 Å². The van der Waals surface area contributed by atoms with Gasteiger partial charge in [0.2, 0.25) is 5.91 Å². The summed E-state index contributed by atoms with van der Waals surface area (Å²) in [5.41, 5.74) is 3.06. The first-order valence-electron chi connectivity index (χ1n) is 9.61. The van der Waals surface area contributed by atoms with Crippen LogP contribution in [0, 0.1) is 0 Å². The predicted molar refractivity (Wildman–Crippen MR) is 109 cm³/mol. The number of nitrogens with one attached hydrogen (secondary N) is 2. The number of halogens is 2. The van der Waals surface area contributed by atoms with Gasteiger partial charge in [0, 0.05) is 36.0 Å². The van der Waals surface area contributed by atoms with E-state index in [1.165, 1.54) is 0 Å². The van der Waals surface area contributed by atoms with Crippen LogP contribution in [0.15, 0.2) is 54.7 Å². The zero-order valence-corrected chi connectivity index (χ0v) is 16.0. The molecule has 150 valence electrons. The van der Waals surface area contributed by atoms with Gasteiger partial charge in [0.1, 0.15) is 5.82 Å². The van der Waals surface area contributed by atoms with E-state index in [2.05, 4.69) is 15.3 Å². The number of H-pyrrole nitrogens is 1. The molecule has 0 radical (unpaired) electrons. The number of aryl methyl sites for hydroxylation is 1. The lowest BCUT2D eigenvalue weighted by atomic mass is 10.1. The van der Waals surface area contributed by atoms with Crippen molar-refractivity contribution in [3.05, 3.63) is 66.1 Å². The molecule has 0 aliphatic rings. The number of carbonyl (C=O) groups excluding carboxylic acids is 1. The summed E-state index contributed by atoms with van der Waals surface area (Å²) in [6, 6.07) is 14.8. The summed E-state index contributed by atoms with van der Waals surface area (Å²) >= 11 is 0. The van der Waals surface area contributed by atoms with Gasteiger partial charge in [-0.05, 0) is 30.2 Å². The molecule has 0 saturated carbocycles. The number of rotatable bonds is 7. The van der Waals surface area contributed by atoms with Crippen LogP contribution in [0.25, 0.3) is 21.9 Å². The predicted octanol–water partition coefficient (Wildman–Crippen LogP) is 4.77. The highest BCUT2D eigenvalue weighted by Gasteiger charge is 2.22. The minimum atomic E-state index is -2.68. The van der Waals surface area contributed by atoms with Crippen LogP contribution < -0.4 is 5.32 Å². The van der Waals surface area contributed by atoms with Crippen molar-refractivity contribution in [2.75, 3.05) is 6.54 Å². The van der Waals surface area contributed by atoms with Gasteiger partial charge in [0.15, 0.2) is 0 Å². The SMILES string of the molecule is C[C@@H](CNC(=O)CCc1c[nH]c2ccccc12)c1nc2ccccc2n1C(F)F. The number of hydrogen-bond acceptors (Lipinski definition) is 2. The first-order valence-corrected chi connectivity index (χ1v) is 9.61. The summed E-state index contributed by atoms with van der Waals surface area (Å²) in [6.07, 6.45) is 2.87. The highest BCUT2D eigenvalue weighted by Crippen LogP contribution is 2.27. The number of alkyl halides is 2. The van der Waals surface area contributed by atoms with E-state index in [0.29, 0.717) is 23.9 Å². The Morgan fingerprint density at radius 2 is 1.93 bits per heavy atom. The zero-order valence-electron chi connectivity index (χ0n) is 16.0. The number of para-hydroxylation sites is 3. The Hall–Kier alpha value is -3.22. The molecular weight excluding hydrogens is 374 g/mol. The van der Waals surface area contributed by atoms with E-state index in [1.807, 2.05) is 30.5 Å². The highest BCUT2D eigenvalue weighted by molar-refractivity contribution is 5.84. The fourth-order valence-corrected chi connectivity index (χ4v) is 3.65. The molecule has 5 nitrogen and oxygen atoms in total. The molecule has 2 heterocycles. The summed E-state index contributed by atoms with van der Waals surface area (Å²) in [7, 11) is 0. The standard InChI is InChI=1S/C22H22F2N4O/c1-14(21-27-18-8-4-5-9-19(18)28(21)22(23)24)12-26-20(29)11-10-15-13-25-17-7-3-2-6-16(15)17/h2-9,13-14,22,25H,10-12H2,1H3,(H,26,29)/t14-/m0/s1. The second-order valence-electron chi connectivity index (χ2n) is 7.17. The third kappa shape index (κ3) is 3.85. The summed E-state index contributed by atoms with van der Waals surface area (Å²) < 4.78 is 28.1. The van der Waals surface area contributed by atoms with Crippen molar-refractivity contribution in [2.24, 2.45) is 0 Å². The van der Waals surface area contributed by atoms with Gasteiger partial charge in [0.25, 0.3) is 0 Å². The summed E-state index contributed by atoms with van der Waals surface area (Å²) in [5, 5.41) is 3.97. The van der Waals surface area contributed by atoms with Crippen molar-refractivity contribution < 1.29 is 13.6 Å². The van der Waals surface area contributed by atoms with Crippen LogP contribution in [0.5, 0.6) is 0 Å². The summed E-state index contributed by atoms with van der Waals surface area (Å²) in [4.78, 5) is 19.9. The molecule has 0 saturated heterocycles. The van der Waals surface area contributed by atoms with Crippen LogP contribution in [0.4, 0.5) is 8.78 Å². The van der Waals surface area contributed by atoms with E-state index in [-0.39, 0.29) is 24.2 Å². The minimum Gasteiger partial charge on any atom is -0.361 e. The molecule has 1 atom stereocenters. The fourth-order valence-electron chi connectivity index (χ4n) is 3.65. The third-order valence-corrected chi connectivity index (χ3v) is 5.16. The number of nitrogens with zero attached hydrogens (tertiary/aromatic N) is 2. The first kappa shape index (κ1) is 19.1. The van der Waals surface area contributed by atoms with Crippen LogP contribution in [-0.2, 0) is 11.2 Å². The smallest absolute Gasteiger partial charge is 0.320 e. The molecule has 0 spiro atoms. The molecule has 0 aliphatic carbocycles. The monoisotopic (exact) mass is 396 g/mol. The highest BCUT2D eigenvalue weighted by atomic mass is 19.3. The van der Waals surface area contributed by atoms with E-state index in [4.69, 9.17) is 0 Å². The lowest BCUT2D eigenvalue weighted by Gasteiger charge is -2.15. The van der Waals surface area contributed by atoms with Crippen LogP contribution in [0.2, 0.25) is 0 Å². The fraction of sp³-hybridized carbons (Fsp3) is 0.273. The Labute approximate surface area is 166 Å². The van der Waals surface area contributed by atoms with Gasteiger partial charge >= 0.3 is 6.55 Å². The molecule has 0 unspecified atom stereocenters. The molecular formula is C22H22F2N4O. The lowest BCUT2D eigenvalue weighted by Crippen LogP contribution is -2.28. The second kappa shape index (κ2) is 8.03. The Morgan fingerprint density at radius 3 is 2.76 bits per heavy atom. The molecule has 0 bridgehead atoms. The van der Waals surface area contributed by atoms with Gasteiger partial charge in [-0.15, -0.1) is 0 Å². The van der Waals surface area contributed by atoms with Crippen LogP contribution in [0.1, 0.15) is 37.2 Å². The van der Waals surface area contributed by atoms with Gasteiger partial charge in [-0.2, -0.15) is 8.78 Å². The molecule has 2 aromatic carbocycles. The molecule has 7 heteroatoms. The normalized spacial score (nSPS) is 12.7. The van der Waals surface area contributed by atoms with Crippen molar-refractivity contribution in [2.45, 2.75) is 32.2 Å². The van der Waals surface area contributed by atoms with Gasteiger partial charge < -0.3 is 10.3 Å². The Balaban J connectivity index is 1.39. The summed E-state index contributed by atoms with van der Waals surface area (Å²) in [6.45, 7) is -0.638. The Kier molecular flexibility index (Phi) is 5.29. The number of hydrogen-bond donors (Lipinski definition) is 2. The number of aromatic nitrogens is 3. The molecule has 2 aromatic heterocycles. The van der Waals surface area contributed by atoms with E-state index < -0.39 is 6.55 Å². The number of fused-ring (bicyclic) bond motifs is 2.